The molecule has 3 aromatic rings. The quantitative estimate of drug-likeness (QED) is 0.659. The summed E-state index contributed by atoms with van der Waals surface area (Å²) < 4.78 is 0. The van der Waals surface area contributed by atoms with Crippen LogP contribution in [-0.2, 0) is 6.54 Å². The number of nitrogens with zero attached hydrogens (tertiary/aromatic N) is 4. The topological polar surface area (TPSA) is 80.0 Å². The SMILES string of the molecule is Nc1c(NC2CCCCC2)ncnc1N(Cc1ccccc1)c1ccccn1. The van der Waals surface area contributed by atoms with Crippen molar-refractivity contribution in [2.24, 2.45) is 0 Å². The monoisotopic (exact) mass is 374 g/mol. The number of hydrogen-bond acceptors (Lipinski definition) is 6. The normalized spacial score (nSPS) is 14.6. The number of nitrogen functional groups attached to an aromatic ring is 1. The van der Waals surface area contributed by atoms with Crippen LogP contribution in [0.3, 0.4) is 0 Å². The molecule has 0 spiro atoms. The second-order valence-electron chi connectivity index (χ2n) is 7.20. The van der Waals surface area contributed by atoms with Gasteiger partial charge in [-0.25, -0.2) is 15.0 Å². The van der Waals surface area contributed by atoms with E-state index in [-0.39, 0.29) is 0 Å². The molecule has 1 aliphatic rings. The fourth-order valence-electron chi connectivity index (χ4n) is 3.70. The van der Waals surface area contributed by atoms with Crippen LogP contribution in [-0.4, -0.2) is 21.0 Å². The summed E-state index contributed by atoms with van der Waals surface area (Å²) in [6, 6.07) is 16.5. The molecule has 0 atom stereocenters. The number of hydrogen-bond donors (Lipinski definition) is 2. The maximum absolute atomic E-state index is 6.54. The maximum Gasteiger partial charge on any atom is 0.163 e. The van der Waals surface area contributed by atoms with Crippen LogP contribution in [0, 0.1) is 0 Å². The van der Waals surface area contributed by atoms with Gasteiger partial charge in [-0.05, 0) is 30.5 Å². The lowest BCUT2D eigenvalue weighted by molar-refractivity contribution is 0.462. The first-order chi connectivity index (χ1) is 13.8. The lowest BCUT2D eigenvalue weighted by atomic mass is 9.95. The third kappa shape index (κ3) is 4.22. The molecule has 144 valence electrons. The molecule has 0 radical (unpaired) electrons. The van der Waals surface area contributed by atoms with Gasteiger partial charge in [0.2, 0.25) is 0 Å². The zero-order valence-corrected chi connectivity index (χ0v) is 16.0. The van der Waals surface area contributed by atoms with E-state index < -0.39 is 0 Å². The van der Waals surface area contributed by atoms with Crippen LogP contribution in [0.5, 0.6) is 0 Å². The summed E-state index contributed by atoms with van der Waals surface area (Å²) in [5.74, 6) is 2.20. The van der Waals surface area contributed by atoms with Crippen molar-refractivity contribution in [2.75, 3.05) is 16.0 Å². The molecule has 1 fully saturated rings. The molecule has 1 aliphatic carbocycles. The number of pyridine rings is 1. The largest absolute Gasteiger partial charge is 0.393 e. The summed E-state index contributed by atoms with van der Waals surface area (Å²) in [5, 5.41) is 3.54. The van der Waals surface area contributed by atoms with Gasteiger partial charge in [0.25, 0.3) is 0 Å². The molecule has 2 heterocycles. The molecule has 1 saturated carbocycles. The Balaban J connectivity index is 1.66. The van der Waals surface area contributed by atoms with E-state index in [1.807, 2.05) is 41.3 Å². The van der Waals surface area contributed by atoms with E-state index >= 15 is 0 Å². The summed E-state index contributed by atoms with van der Waals surface area (Å²) in [6.07, 6.45) is 9.50. The van der Waals surface area contributed by atoms with Crippen LogP contribution < -0.4 is 16.0 Å². The second-order valence-corrected chi connectivity index (χ2v) is 7.20. The number of nitrogens with one attached hydrogen (secondary N) is 1. The van der Waals surface area contributed by atoms with Crippen molar-refractivity contribution in [2.45, 2.75) is 44.7 Å². The van der Waals surface area contributed by atoms with Crippen LogP contribution >= 0.6 is 0 Å². The Morgan fingerprint density at radius 2 is 1.71 bits per heavy atom. The standard InChI is InChI=1S/C22H26N6/c23-20-21(27-18-11-5-2-6-12-18)25-16-26-22(20)28(19-13-7-8-14-24-19)15-17-9-3-1-4-10-17/h1,3-4,7-10,13-14,16,18H,2,5-6,11-12,15,23H2,(H,25,26,27). The van der Waals surface area contributed by atoms with Crippen molar-refractivity contribution in [3.63, 3.8) is 0 Å². The second kappa shape index (κ2) is 8.69. The first-order valence-electron chi connectivity index (χ1n) is 9.91. The van der Waals surface area contributed by atoms with Gasteiger partial charge in [-0.15, -0.1) is 0 Å². The maximum atomic E-state index is 6.54. The summed E-state index contributed by atoms with van der Waals surface area (Å²) in [6.45, 7) is 0.627. The minimum Gasteiger partial charge on any atom is -0.393 e. The molecule has 28 heavy (non-hydrogen) atoms. The van der Waals surface area contributed by atoms with Gasteiger partial charge in [0.05, 0.1) is 6.54 Å². The van der Waals surface area contributed by atoms with Gasteiger partial charge in [0.15, 0.2) is 11.6 Å². The highest BCUT2D eigenvalue weighted by Crippen LogP contribution is 2.33. The number of rotatable bonds is 6. The average Bonchev–Trinajstić information content (AvgIpc) is 2.76. The first kappa shape index (κ1) is 18.2. The Labute approximate surface area is 165 Å². The van der Waals surface area contributed by atoms with E-state index in [2.05, 4.69) is 32.4 Å². The highest BCUT2D eigenvalue weighted by atomic mass is 15.3. The van der Waals surface area contributed by atoms with Crippen LogP contribution in [0.4, 0.5) is 23.1 Å². The zero-order chi connectivity index (χ0) is 19.2. The molecule has 3 N–H and O–H groups in total. The average molecular weight is 374 g/mol. The van der Waals surface area contributed by atoms with Gasteiger partial charge in [0, 0.05) is 12.2 Å². The van der Waals surface area contributed by atoms with Gasteiger partial charge in [-0.1, -0.05) is 55.7 Å². The molecule has 0 aliphatic heterocycles. The predicted octanol–water partition coefficient (Wildman–Crippen LogP) is 4.54. The molecule has 0 saturated heterocycles. The molecule has 1 aromatic carbocycles. The minimum atomic E-state index is 0.427. The minimum absolute atomic E-state index is 0.427. The summed E-state index contributed by atoms with van der Waals surface area (Å²) >= 11 is 0. The van der Waals surface area contributed by atoms with Crippen LogP contribution in [0.25, 0.3) is 0 Å². The summed E-state index contributed by atoms with van der Waals surface area (Å²) in [4.78, 5) is 15.5. The van der Waals surface area contributed by atoms with Gasteiger partial charge in [-0.3, -0.25) is 0 Å². The van der Waals surface area contributed by atoms with E-state index in [4.69, 9.17) is 5.73 Å². The van der Waals surface area contributed by atoms with E-state index in [0.717, 1.165) is 24.2 Å². The Hall–Kier alpha value is -3.15. The van der Waals surface area contributed by atoms with E-state index in [1.165, 1.54) is 19.3 Å². The Morgan fingerprint density at radius 3 is 2.46 bits per heavy atom. The van der Waals surface area contributed by atoms with Crippen molar-refractivity contribution in [3.05, 3.63) is 66.6 Å². The third-order valence-electron chi connectivity index (χ3n) is 5.17. The molecule has 6 heteroatoms. The molecular weight excluding hydrogens is 348 g/mol. The summed E-state index contributed by atoms with van der Waals surface area (Å²) in [7, 11) is 0. The molecule has 2 aromatic heterocycles. The number of anilines is 4. The lowest BCUT2D eigenvalue weighted by Crippen LogP contribution is -2.25. The summed E-state index contributed by atoms with van der Waals surface area (Å²) in [5.41, 5.74) is 8.26. The van der Waals surface area contributed by atoms with E-state index in [9.17, 15) is 0 Å². The lowest BCUT2D eigenvalue weighted by Gasteiger charge is -2.27. The Bertz CT molecular complexity index is 878. The van der Waals surface area contributed by atoms with E-state index in [0.29, 0.717) is 29.9 Å². The Morgan fingerprint density at radius 1 is 0.929 bits per heavy atom. The highest BCUT2D eigenvalue weighted by molar-refractivity contribution is 5.78. The molecule has 4 rings (SSSR count). The highest BCUT2D eigenvalue weighted by Gasteiger charge is 2.20. The smallest absolute Gasteiger partial charge is 0.163 e. The van der Waals surface area contributed by atoms with Crippen molar-refractivity contribution in [1.29, 1.82) is 0 Å². The zero-order valence-electron chi connectivity index (χ0n) is 16.0. The van der Waals surface area contributed by atoms with Crippen LogP contribution in [0.15, 0.2) is 61.1 Å². The fraction of sp³-hybridized carbons (Fsp3) is 0.318. The molecule has 0 amide bonds. The van der Waals surface area contributed by atoms with Crippen LogP contribution in [0.2, 0.25) is 0 Å². The number of nitrogens with two attached hydrogens (primary N) is 1. The molecule has 0 unspecified atom stereocenters. The van der Waals surface area contributed by atoms with Gasteiger partial charge >= 0.3 is 0 Å². The first-order valence-corrected chi connectivity index (χ1v) is 9.91. The number of aromatic nitrogens is 3. The number of benzene rings is 1. The Kier molecular flexibility index (Phi) is 5.66. The molecular formula is C22H26N6. The predicted molar refractivity (Wildman–Crippen MR) is 113 cm³/mol. The van der Waals surface area contributed by atoms with Crippen molar-refractivity contribution in [1.82, 2.24) is 15.0 Å². The van der Waals surface area contributed by atoms with Crippen molar-refractivity contribution >= 4 is 23.1 Å². The van der Waals surface area contributed by atoms with E-state index in [1.54, 1.807) is 12.5 Å². The molecule has 0 bridgehead atoms. The van der Waals surface area contributed by atoms with Gasteiger partial charge in [0.1, 0.15) is 17.8 Å². The van der Waals surface area contributed by atoms with Crippen molar-refractivity contribution < 1.29 is 0 Å². The molecule has 6 nitrogen and oxygen atoms in total. The fourth-order valence-corrected chi connectivity index (χ4v) is 3.70. The van der Waals surface area contributed by atoms with Crippen LogP contribution in [0.1, 0.15) is 37.7 Å². The van der Waals surface area contributed by atoms with Gasteiger partial charge in [-0.2, -0.15) is 0 Å². The van der Waals surface area contributed by atoms with Gasteiger partial charge < -0.3 is 16.0 Å². The third-order valence-corrected chi connectivity index (χ3v) is 5.17. The van der Waals surface area contributed by atoms with Crippen molar-refractivity contribution in [3.8, 4) is 0 Å².